The molecule has 2 fully saturated rings. The standard InChI is InChI=1S/C31H30F4N6O3S/c1-5-22(42)39-10-17(3)40(11-16(39)2)28-19-8-20(31(33,34)35)23(24-21(32)7-6-18-9-36-38(4)25(18)24)27-26(19)41(29(43)37-28)12-30(15-45-27)13-44-14-30/h5-9,16-17H,1,10-15H2,2-4H3/t16-,17+/m1/s1. The SMILES string of the molecule is C=CC(=O)N1C[C@H](C)N(c2nc(=O)n3c4c(c(-c5c(F)ccc6cnn(C)c56)c(C(F)(F)F)cc24)SCC2(COC2)C3)C[C@H]1C. The molecule has 7 rings (SSSR count). The van der Waals surface area contributed by atoms with Gasteiger partial charge in [0.25, 0.3) is 0 Å². The second kappa shape index (κ2) is 10.3. The number of amides is 1. The summed E-state index contributed by atoms with van der Waals surface area (Å²) in [5.41, 5.74) is -2.17. The quantitative estimate of drug-likeness (QED) is 0.234. The number of benzene rings is 2. The molecule has 2 atom stereocenters. The first-order chi connectivity index (χ1) is 21.3. The average Bonchev–Trinajstić information content (AvgIpc) is 3.23. The largest absolute Gasteiger partial charge is 0.417 e. The van der Waals surface area contributed by atoms with Gasteiger partial charge >= 0.3 is 11.9 Å². The van der Waals surface area contributed by atoms with Gasteiger partial charge in [-0.1, -0.05) is 6.58 Å². The molecule has 2 aromatic heterocycles. The second-order valence-corrected chi connectivity index (χ2v) is 13.3. The van der Waals surface area contributed by atoms with Crippen molar-refractivity contribution in [3.05, 3.63) is 58.9 Å². The van der Waals surface area contributed by atoms with Crippen LogP contribution in [0, 0.1) is 11.2 Å². The van der Waals surface area contributed by atoms with E-state index in [1.54, 1.807) is 16.8 Å². The second-order valence-electron chi connectivity index (χ2n) is 12.3. The molecule has 45 heavy (non-hydrogen) atoms. The number of alkyl halides is 3. The van der Waals surface area contributed by atoms with Crippen molar-refractivity contribution in [2.24, 2.45) is 12.5 Å². The van der Waals surface area contributed by atoms with Crippen LogP contribution >= 0.6 is 11.8 Å². The van der Waals surface area contributed by atoms with E-state index in [9.17, 15) is 9.59 Å². The molecule has 9 nitrogen and oxygen atoms in total. The van der Waals surface area contributed by atoms with Crippen LogP contribution in [-0.2, 0) is 29.3 Å². The minimum Gasteiger partial charge on any atom is -0.380 e. The minimum atomic E-state index is -4.89. The van der Waals surface area contributed by atoms with Crippen LogP contribution in [0.15, 0.2) is 46.7 Å². The predicted octanol–water partition coefficient (Wildman–Crippen LogP) is 4.84. The summed E-state index contributed by atoms with van der Waals surface area (Å²) in [5, 5.41) is 4.83. The van der Waals surface area contributed by atoms with Gasteiger partial charge in [0.1, 0.15) is 11.6 Å². The molecule has 2 aromatic carbocycles. The van der Waals surface area contributed by atoms with E-state index in [-0.39, 0.29) is 75.9 Å². The number of carbonyl (C=O) groups excluding carboxylic acids is 1. The first kappa shape index (κ1) is 29.8. The van der Waals surface area contributed by atoms with Crippen LogP contribution in [0.4, 0.5) is 23.4 Å². The van der Waals surface area contributed by atoms with Crippen molar-refractivity contribution in [1.29, 1.82) is 0 Å². The Labute approximate surface area is 259 Å². The lowest BCUT2D eigenvalue weighted by Crippen LogP contribution is -2.58. The molecule has 2 saturated heterocycles. The smallest absolute Gasteiger partial charge is 0.380 e. The van der Waals surface area contributed by atoms with Crippen molar-refractivity contribution in [1.82, 2.24) is 24.2 Å². The van der Waals surface area contributed by atoms with Crippen molar-refractivity contribution in [2.45, 2.75) is 43.5 Å². The number of anilines is 1. The molecule has 14 heteroatoms. The fourth-order valence-corrected chi connectivity index (χ4v) is 8.29. The van der Waals surface area contributed by atoms with Gasteiger partial charge in [0, 0.05) is 76.7 Å². The number of thioether (sulfide) groups is 1. The summed E-state index contributed by atoms with van der Waals surface area (Å²) in [6.07, 6.45) is -2.18. The van der Waals surface area contributed by atoms with Gasteiger partial charge in [-0.3, -0.25) is 14.0 Å². The Morgan fingerprint density at radius 2 is 1.91 bits per heavy atom. The molecule has 0 radical (unpaired) electrons. The van der Waals surface area contributed by atoms with Crippen LogP contribution in [0.3, 0.4) is 0 Å². The van der Waals surface area contributed by atoms with Crippen molar-refractivity contribution < 1.29 is 27.1 Å². The number of hydrogen-bond acceptors (Lipinski definition) is 7. The van der Waals surface area contributed by atoms with Gasteiger partial charge in [0.05, 0.1) is 36.0 Å². The number of ether oxygens (including phenoxy) is 1. The van der Waals surface area contributed by atoms with Gasteiger partial charge in [0.15, 0.2) is 0 Å². The Bertz CT molecular complexity index is 1970. The number of carbonyl (C=O) groups is 1. The third-order valence-electron chi connectivity index (χ3n) is 9.15. The molecule has 0 unspecified atom stereocenters. The normalized spacial score (nSPS) is 21.3. The number of fused-ring (bicyclic) bond motifs is 1. The van der Waals surface area contributed by atoms with Crippen LogP contribution in [0.25, 0.3) is 32.9 Å². The lowest BCUT2D eigenvalue weighted by atomic mass is 9.88. The monoisotopic (exact) mass is 642 g/mol. The molecule has 0 bridgehead atoms. The zero-order valence-corrected chi connectivity index (χ0v) is 25.6. The maximum Gasteiger partial charge on any atom is 0.417 e. The van der Waals surface area contributed by atoms with Crippen molar-refractivity contribution in [2.75, 3.05) is 37.0 Å². The number of nitrogens with zero attached hydrogens (tertiary/aromatic N) is 6. The van der Waals surface area contributed by atoms with Gasteiger partial charge in [-0.05, 0) is 38.1 Å². The Kier molecular flexibility index (Phi) is 6.82. The summed E-state index contributed by atoms with van der Waals surface area (Å²) in [7, 11) is 1.56. The molecule has 5 heterocycles. The minimum absolute atomic E-state index is 0.107. The Morgan fingerprint density at radius 1 is 1.16 bits per heavy atom. The van der Waals surface area contributed by atoms with E-state index < -0.39 is 28.7 Å². The molecule has 0 N–H and O–H groups in total. The van der Waals surface area contributed by atoms with Crippen LogP contribution < -0.4 is 10.6 Å². The highest BCUT2D eigenvalue weighted by atomic mass is 32.2. The summed E-state index contributed by atoms with van der Waals surface area (Å²) in [6, 6.07) is 2.94. The Morgan fingerprint density at radius 3 is 2.58 bits per heavy atom. The third-order valence-corrected chi connectivity index (χ3v) is 10.6. The zero-order valence-electron chi connectivity index (χ0n) is 24.8. The maximum atomic E-state index is 15.9. The summed E-state index contributed by atoms with van der Waals surface area (Å²) < 4.78 is 69.9. The molecular formula is C31H30F4N6O3S. The number of piperazine rings is 1. The van der Waals surface area contributed by atoms with Crippen LogP contribution in [-0.4, -0.2) is 74.3 Å². The van der Waals surface area contributed by atoms with Gasteiger partial charge in [-0.2, -0.15) is 23.3 Å². The highest BCUT2D eigenvalue weighted by Crippen LogP contribution is 2.52. The lowest BCUT2D eigenvalue weighted by Gasteiger charge is -2.44. The number of halogens is 4. The fraction of sp³-hybridized carbons (Fsp3) is 0.419. The van der Waals surface area contributed by atoms with Gasteiger partial charge in [0.2, 0.25) is 5.91 Å². The first-order valence-electron chi connectivity index (χ1n) is 14.5. The molecule has 3 aliphatic rings. The lowest BCUT2D eigenvalue weighted by molar-refractivity contribution is -0.137. The van der Waals surface area contributed by atoms with Crippen molar-refractivity contribution in [3.63, 3.8) is 0 Å². The summed E-state index contributed by atoms with van der Waals surface area (Å²) in [4.78, 5) is 34.4. The number of rotatable bonds is 3. The number of aromatic nitrogens is 4. The highest BCUT2D eigenvalue weighted by molar-refractivity contribution is 7.99. The van der Waals surface area contributed by atoms with Crippen LogP contribution in [0.2, 0.25) is 0 Å². The summed E-state index contributed by atoms with van der Waals surface area (Å²) in [5.74, 6) is -0.608. The number of aryl methyl sites for hydroxylation is 1. The van der Waals surface area contributed by atoms with E-state index in [1.807, 2.05) is 13.8 Å². The van der Waals surface area contributed by atoms with Gasteiger partial charge in [-0.15, -0.1) is 11.8 Å². The molecule has 4 aromatic rings. The molecule has 0 saturated carbocycles. The van der Waals surface area contributed by atoms with Gasteiger partial charge < -0.3 is 14.5 Å². The summed E-state index contributed by atoms with van der Waals surface area (Å²) >= 11 is 1.19. The zero-order chi connectivity index (χ0) is 32.0. The maximum absolute atomic E-state index is 15.9. The molecule has 1 amide bonds. The van der Waals surface area contributed by atoms with Crippen molar-refractivity contribution in [3.8, 4) is 11.1 Å². The van der Waals surface area contributed by atoms with E-state index >= 15 is 17.6 Å². The number of hydrogen-bond donors (Lipinski definition) is 0. The topological polar surface area (TPSA) is 85.5 Å². The van der Waals surface area contributed by atoms with E-state index in [2.05, 4.69) is 16.7 Å². The van der Waals surface area contributed by atoms with Crippen molar-refractivity contribution >= 4 is 45.3 Å². The molecule has 3 aliphatic heterocycles. The fourth-order valence-electron chi connectivity index (χ4n) is 6.87. The van der Waals surface area contributed by atoms with Gasteiger partial charge in [-0.25, -0.2) is 9.18 Å². The Hall–Kier alpha value is -3.91. The highest BCUT2D eigenvalue weighted by Gasteiger charge is 2.45. The summed E-state index contributed by atoms with van der Waals surface area (Å²) in [6.45, 7) is 8.61. The predicted molar refractivity (Wildman–Crippen MR) is 163 cm³/mol. The third kappa shape index (κ3) is 4.55. The van der Waals surface area contributed by atoms with E-state index in [4.69, 9.17) is 4.74 Å². The molecule has 0 aliphatic carbocycles. The molecule has 1 spiro atoms. The average molecular weight is 643 g/mol. The van der Waals surface area contributed by atoms with E-state index in [1.165, 1.54) is 39.4 Å². The van der Waals surface area contributed by atoms with E-state index in [0.29, 0.717) is 24.4 Å². The van der Waals surface area contributed by atoms with E-state index in [0.717, 1.165) is 12.1 Å². The molecular weight excluding hydrogens is 612 g/mol. The van der Waals surface area contributed by atoms with Crippen LogP contribution in [0.5, 0.6) is 0 Å². The molecule has 236 valence electrons. The van der Waals surface area contributed by atoms with Crippen LogP contribution in [0.1, 0.15) is 19.4 Å². The Balaban J connectivity index is 1.57. The first-order valence-corrected chi connectivity index (χ1v) is 15.5.